The summed E-state index contributed by atoms with van der Waals surface area (Å²) in [5, 5.41) is 0. The molecule has 0 saturated carbocycles. The van der Waals surface area contributed by atoms with Gasteiger partial charge >= 0.3 is 5.69 Å². The Hall–Kier alpha value is -1.84. The van der Waals surface area contributed by atoms with E-state index in [9.17, 15) is 4.79 Å². The molecule has 0 aliphatic rings. The number of aryl methyl sites for hydroxylation is 1. The van der Waals surface area contributed by atoms with Gasteiger partial charge in [-0.2, -0.15) is 0 Å². The average molecular weight is 189 g/mol. The lowest BCUT2D eigenvalue weighted by Crippen LogP contribution is -2.16. The largest absolute Gasteiger partial charge is 0.326 e. The molecule has 0 atom stereocenters. The number of aromatic amines is 1. The van der Waals surface area contributed by atoms with Gasteiger partial charge in [-0.3, -0.25) is 9.55 Å². The van der Waals surface area contributed by atoms with Crippen molar-refractivity contribution in [1.29, 1.82) is 0 Å². The molecule has 0 fully saturated rings. The third kappa shape index (κ3) is 1.74. The molecule has 4 heteroatoms. The van der Waals surface area contributed by atoms with Crippen LogP contribution in [-0.4, -0.2) is 14.5 Å². The minimum atomic E-state index is -0.0775. The van der Waals surface area contributed by atoms with E-state index in [1.165, 1.54) is 0 Å². The molecular formula is C10H11N3O. The van der Waals surface area contributed by atoms with E-state index in [0.29, 0.717) is 6.54 Å². The number of nitrogens with one attached hydrogen (secondary N) is 1. The highest BCUT2D eigenvalue weighted by Crippen LogP contribution is 1.98. The number of aromatic nitrogens is 3. The zero-order valence-electron chi connectivity index (χ0n) is 7.90. The predicted octanol–water partition coefficient (Wildman–Crippen LogP) is 0.928. The van der Waals surface area contributed by atoms with Gasteiger partial charge in [0, 0.05) is 24.3 Å². The lowest BCUT2D eigenvalue weighted by atomic mass is 10.3. The SMILES string of the molecule is Cc1cn(Cc2cccnc2)c(=O)[nH]1. The van der Waals surface area contributed by atoms with Gasteiger partial charge in [0.2, 0.25) is 0 Å². The van der Waals surface area contributed by atoms with Crippen LogP contribution in [0.5, 0.6) is 0 Å². The van der Waals surface area contributed by atoms with E-state index in [1.54, 1.807) is 23.2 Å². The predicted molar refractivity (Wildman–Crippen MR) is 53.1 cm³/mol. The fourth-order valence-electron chi connectivity index (χ4n) is 1.37. The summed E-state index contributed by atoms with van der Waals surface area (Å²) in [7, 11) is 0. The third-order valence-electron chi connectivity index (χ3n) is 1.99. The molecule has 0 radical (unpaired) electrons. The summed E-state index contributed by atoms with van der Waals surface area (Å²) in [6, 6.07) is 3.81. The first-order chi connectivity index (χ1) is 6.75. The average Bonchev–Trinajstić information content (AvgIpc) is 2.47. The second-order valence-corrected chi connectivity index (χ2v) is 3.23. The first kappa shape index (κ1) is 8.74. The van der Waals surface area contributed by atoms with Crippen molar-refractivity contribution in [2.75, 3.05) is 0 Å². The molecule has 72 valence electrons. The van der Waals surface area contributed by atoms with Crippen LogP contribution in [0.1, 0.15) is 11.3 Å². The van der Waals surface area contributed by atoms with Crippen LogP contribution in [0.25, 0.3) is 0 Å². The first-order valence-electron chi connectivity index (χ1n) is 4.40. The molecule has 0 aliphatic heterocycles. The quantitative estimate of drug-likeness (QED) is 0.764. The van der Waals surface area contributed by atoms with Crippen LogP contribution >= 0.6 is 0 Å². The van der Waals surface area contributed by atoms with Crippen molar-refractivity contribution < 1.29 is 0 Å². The number of pyridine rings is 1. The molecule has 0 aromatic carbocycles. The summed E-state index contributed by atoms with van der Waals surface area (Å²) in [6.45, 7) is 2.43. The maximum absolute atomic E-state index is 11.3. The van der Waals surface area contributed by atoms with Crippen molar-refractivity contribution in [3.05, 3.63) is 52.5 Å². The van der Waals surface area contributed by atoms with Crippen LogP contribution < -0.4 is 5.69 Å². The highest BCUT2D eigenvalue weighted by Gasteiger charge is 1.99. The van der Waals surface area contributed by atoms with E-state index in [1.807, 2.05) is 19.1 Å². The monoisotopic (exact) mass is 189 g/mol. The van der Waals surface area contributed by atoms with Crippen molar-refractivity contribution in [3.8, 4) is 0 Å². The van der Waals surface area contributed by atoms with Gasteiger partial charge < -0.3 is 4.98 Å². The minimum absolute atomic E-state index is 0.0775. The van der Waals surface area contributed by atoms with E-state index in [-0.39, 0.29) is 5.69 Å². The van der Waals surface area contributed by atoms with Gasteiger partial charge in [-0.05, 0) is 18.6 Å². The summed E-state index contributed by atoms with van der Waals surface area (Å²) >= 11 is 0. The highest BCUT2D eigenvalue weighted by atomic mass is 16.1. The molecule has 2 rings (SSSR count). The molecule has 0 spiro atoms. The summed E-state index contributed by atoms with van der Waals surface area (Å²) in [4.78, 5) is 18.0. The second-order valence-electron chi connectivity index (χ2n) is 3.23. The minimum Gasteiger partial charge on any atom is -0.310 e. The Labute approximate surface area is 81.2 Å². The van der Waals surface area contributed by atoms with Gasteiger partial charge in [-0.25, -0.2) is 4.79 Å². The first-order valence-corrected chi connectivity index (χ1v) is 4.40. The number of rotatable bonds is 2. The maximum Gasteiger partial charge on any atom is 0.326 e. The lowest BCUT2D eigenvalue weighted by Gasteiger charge is -1.99. The summed E-state index contributed by atoms with van der Waals surface area (Å²) in [5.74, 6) is 0. The number of imidazole rings is 1. The van der Waals surface area contributed by atoms with E-state index in [2.05, 4.69) is 9.97 Å². The van der Waals surface area contributed by atoms with Gasteiger partial charge in [-0.15, -0.1) is 0 Å². The molecule has 2 heterocycles. The molecule has 14 heavy (non-hydrogen) atoms. The molecule has 1 N–H and O–H groups in total. The molecule has 0 aliphatic carbocycles. The van der Waals surface area contributed by atoms with Crippen LogP contribution in [0.4, 0.5) is 0 Å². The zero-order chi connectivity index (χ0) is 9.97. The van der Waals surface area contributed by atoms with E-state index in [0.717, 1.165) is 11.3 Å². The Kier molecular flexibility index (Phi) is 2.18. The van der Waals surface area contributed by atoms with E-state index in [4.69, 9.17) is 0 Å². The number of nitrogens with zero attached hydrogens (tertiary/aromatic N) is 2. The summed E-state index contributed by atoms with van der Waals surface area (Å²) in [6.07, 6.45) is 5.28. The standard InChI is InChI=1S/C10H11N3O/c1-8-6-13(10(14)12-8)7-9-3-2-4-11-5-9/h2-6H,7H2,1H3,(H,12,14). The van der Waals surface area contributed by atoms with Crippen molar-refractivity contribution in [2.45, 2.75) is 13.5 Å². The van der Waals surface area contributed by atoms with E-state index >= 15 is 0 Å². The number of hydrogen-bond donors (Lipinski definition) is 1. The Bertz CT molecular complexity index is 470. The van der Waals surface area contributed by atoms with Crippen LogP contribution in [0.2, 0.25) is 0 Å². The van der Waals surface area contributed by atoms with Crippen LogP contribution in [0.3, 0.4) is 0 Å². The Morgan fingerprint density at radius 3 is 3.00 bits per heavy atom. The van der Waals surface area contributed by atoms with Gasteiger partial charge in [0.1, 0.15) is 0 Å². The third-order valence-corrected chi connectivity index (χ3v) is 1.99. The molecular weight excluding hydrogens is 178 g/mol. The normalized spacial score (nSPS) is 10.4. The van der Waals surface area contributed by atoms with Crippen molar-refractivity contribution in [1.82, 2.24) is 14.5 Å². The molecule has 0 bridgehead atoms. The molecule has 4 nitrogen and oxygen atoms in total. The Morgan fingerprint density at radius 2 is 2.43 bits per heavy atom. The molecule has 0 saturated heterocycles. The van der Waals surface area contributed by atoms with Crippen LogP contribution in [-0.2, 0) is 6.54 Å². The fourth-order valence-corrected chi connectivity index (χ4v) is 1.37. The van der Waals surface area contributed by atoms with Gasteiger partial charge in [0.25, 0.3) is 0 Å². The van der Waals surface area contributed by atoms with Crippen LogP contribution in [0, 0.1) is 6.92 Å². The van der Waals surface area contributed by atoms with Crippen LogP contribution in [0.15, 0.2) is 35.5 Å². The highest BCUT2D eigenvalue weighted by molar-refractivity contribution is 5.09. The van der Waals surface area contributed by atoms with Crippen molar-refractivity contribution in [2.24, 2.45) is 0 Å². The number of H-pyrrole nitrogens is 1. The summed E-state index contributed by atoms with van der Waals surface area (Å²) < 4.78 is 1.63. The smallest absolute Gasteiger partial charge is 0.310 e. The second kappa shape index (κ2) is 3.49. The molecule has 0 amide bonds. The Morgan fingerprint density at radius 1 is 1.57 bits per heavy atom. The molecule has 2 aromatic rings. The summed E-state index contributed by atoms with van der Waals surface area (Å²) in [5.41, 5.74) is 1.82. The van der Waals surface area contributed by atoms with Gasteiger partial charge in [0.05, 0.1) is 6.54 Å². The zero-order valence-corrected chi connectivity index (χ0v) is 7.90. The number of hydrogen-bond acceptors (Lipinski definition) is 2. The van der Waals surface area contributed by atoms with E-state index < -0.39 is 0 Å². The topological polar surface area (TPSA) is 50.7 Å². The lowest BCUT2D eigenvalue weighted by molar-refractivity contribution is 0.758. The van der Waals surface area contributed by atoms with Gasteiger partial charge in [-0.1, -0.05) is 6.07 Å². The van der Waals surface area contributed by atoms with Crippen molar-refractivity contribution in [3.63, 3.8) is 0 Å². The Balaban J connectivity index is 2.28. The maximum atomic E-state index is 11.3. The molecule has 0 unspecified atom stereocenters. The fraction of sp³-hybridized carbons (Fsp3) is 0.200. The molecule has 2 aromatic heterocycles. The van der Waals surface area contributed by atoms with Gasteiger partial charge in [0.15, 0.2) is 0 Å². The van der Waals surface area contributed by atoms with Crippen molar-refractivity contribution >= 4 is 0 Å².